The van der Waals surface area contributed by atoms with E-state index in [-0.39, 0.29) is 10.6 Å². The van der Waals surface area contributed by atoms with Crippen molar-refractivity contribution in [2.45, 2.75) is 24.8 Å². The lowest BCUT2D eigenvalue weighted by atomic mass is 10.1. The van der Waals surface area contributed by atoms with Crippen LogP contribution in [0.1, 0.15) is 24.1 Å². The van der Waals surface area contributed by atoms with E-state index in [1.54, 1.807) is 32.4 Å². The summed E-state index contributed by atoms with van der Waals surface area (Å²) in [5, 5.41) is 0.369. The minimum absolute atomic E-state index is 0.0162. The van der Waals surface area contributed by atoms with Crippen LogP contribution < -0.4 is 9.46 Å². The van der Waals surface area contributed by atoms with Gasteiger partial charge in [-0.05, 0) is 49.2 Å². The third-order valence-electron chi connectivity index (χ3n) is 4.26. The molecule has 0 unspecified atom stereocenters. The Bertz CT molecular complexity index is 1030. The molecule has 8 heteroatoms. The van der Waals surface area contributed by atoms with Gasteiger partial charge in [-0.2, -0.15) is 0 Å². The van der Waals surface area contributed by atoms with E-state index >= 15 is 0 Å². The smallest absolute Gasteiger partial charge is 0.244 e. The zero-order valence-electron chi connectivity index (χ0n) is 15.2. The first-order valence-corrected chi connectivity index (χ1v) is 10.1. The minimum atomic E-state index is -3.82. The molecule has 0 bridgehead atoms. The Labute approximate surface area is 163 Å². The summed E-state index contributed by atoms with van der Waals surface area (Å²) in [5.41, 5.74) is 2.52. The maximum Gasteiger partial charge on any atom is 0.244 e. The van der Waals surface area contributed by atoms with Gasteiger partial charge >= 0.3 is 0 Å². The molecule has 1 aromatic heterocycles. The third-order valence-corrected chi connectivity index (χ3v) is 6.23. The van der Waals surface area contributed by atoms with Crippen LogP contribution in [0.15, 0.2) is 60.0 Å². The number of sulfonamides is 1. The molecular weight excluding hydrogens is 386 g/mol. The Morgan fingerprint density at radius 1 is 1.22 bits per heavy atom. The molecule has 1 heterocycles. The molecule has 1 atom stereocenters. The van der Waals surface area contributed by atoms with Crippen molar-refractivity contribution in [3.05, 3.63) is 71.3 Å². The van der Waals surface area contributed by atoms with Crippen molar-refractivity contribution in [2.24, 2.45) is 0 Å². The first-order chi connectivity index (χ1) is 12.8. The van der Waals surface area contributed by atoms with Gasteiger partial charge in [-0.25, -0.2) is 18.1 Å². The Hall–Kier alpha value is -2.35. The van der Waals surface area contributed by atoms with Crippen LogP contribution in [0.25, 0.3) is 5.69 Å². The fourth-order valence-corrected chi connectivity index (χ4v) is 4.35. The number of imidazole rings is 1. The first kappa shape index (κ1) is 19.4. The zero-order valence-corrected chi connectivity index (χ0v) is 16.8. The van der Waals surface area contributed by atoms with Gasteiger partial charge in [0.05, 0.1) is 13.4 Å². The van der Waals surface area contributed by atoms with Crippen LogP contribution >= 0.6 is 11.6 Å². The molecule has 0 spiro atoms. The number of benzene rings is 2. The molecule has 27 heavy (non-hydrogen) atoms. The number of halogens is 1. The highest BCUT2D eigenvalue weighted by Crippen LogP contribution is 2.31. The topological polar surface area (TPSA) is 73.2 Å². The van der Waals surface area contributed by atoms with E-state index in [2.05, 4.69) is 9.71 Å². The van der Waals surface area contributed by atoms with Crippen molar-refractivity contribution in [1.82, 2.24) is 14.3 Å². The van der Waals surface area contributed by atoms with Gasteiger partial charge in [0, 0.05) is 29.1 Å². The van der Waals surface area contributed by atoms with Gasteiger partial charge < -0.3 is 9.30 Å². The van der Waals surface area contributed by atoms with Crippen LogP contribution in [0.5, 0.6) is 5.75 Å². The first-order valence-electron chi connectivity index (χ1n) is 8.26. The van der Waals surface area contributed by atoms with Crippen molar-refractivity contribution in [1.29, 1.82) is 0 Å². The second kappa shape index (κ2) is 7.72. The minimum Gasteiger partial charge on any atom is -0.495 e. The summed E-state index contributed by atoms with van der Waals surface area (Å²) in [4.78, 5) is 4.03. The van der Waals surface area contributed by atoms with Crippen LogP contribution in [0.2, 0.25) is 5.02 Å². The molecule has 0 aliphatic heterocycles. The molecule has 0 amide bonds. The van der Waals surface area contributed by atoms with Crippen molar-refractivity contribution in [3.63, 3.8) is 0 Å². The molecule has 142 valence electrons. The Balaban J connectivity index is 1.84. The van der Waals surface area contributed by atoms with Gasteiger partial charge in [-0.15, -0.1) is 0 Å². The highest BCUT2D eigenvalue weighted by Gasteiger charge is 2.23. The van der Waals surface area contributed by atoms with Crippen LogP contribution in [0.4, 0.5) is 0 Å². The molecule has 2 aromatic carbocycles. The van der Waals surface area contributed by atoms with Gasteiger partial charge in [0.1, 0.15) is 10.6 Å². The number of methoxy groups -OCH3 is 1. The third kappa shape index (κ3) is 4.16. The van der Waals surface area contributed by atoms with Gasteiger partial charge in [-0.3, -0.25) is 0 Å². The molecule has 0 aliphatic carbocycles. The van der Waals surface area contributed by atoms with Crippen LogP contribution in [-0.4, -0.2) is 25.1 Å². The summed E-state index contributed by atoms with van der Waals surface area (Å²) in [6.45, 7) is 3.57. The molecule has 1 N–H and O–H groups in total. The number of nitrogens with zero attached hydrogens (tertiary/aromatic N) is 2. The molecule has 6 nitrogen and oxygen atoms in total. The normalized spacial score (nSPS) is 12.7. The number of ether oxygens (including phenoxy) is 1. The fraction of sp³-hybridized carbons (Fsp3) is 0.211. The number of rotatable bonds is 6. The highest BCUT2D eigenvalue weighted by molar-refractivity contribution is 7.89. The van der Waals surface area contributed by atoms with Crippen molar-refractivity contribution < 1.29 is 13.2 Å². The fourth-order valence-electron chi connectivity index (χ4n) is 2.72. The summed E-state index contributed by atoms with van der Waals surface area (Å²) < 4.78 is 35.5. The number of aryl methyl sites for hydroxylation is 1. The van der Waals surface area contributed by atoms with E-state index in [1.165, 1.54) is 13.2 Å². The summed E-state index contributed by atoms with van der Waals surface area (Å²) in [5.74, 6) is 0.257. The number of hydrogen-bond donors (Lipinski definition) is 1. The van der Waals surface area contributed by atoms with Crippen LogP contribution in [0.3, 0.4) is 0 Å². The summed E-state index contributed by atoms with van der Waals surface area (Å²) in [7, 11) is -2.39. The summed E-state index contributed by atoms with van der Waals surface area (Å²) in [6, 6.07) is 10.2. The number of nitrogens with one attached hydrogen (secondary N) is 1. The standard InChI is InChI=1S/C19H20ClN3O3S/c1-13-10-18(26-3)19(11-17(13)20)27(24,25)22-14(2)15-4-6-16(7-5-15)23-9-8-21-12-23/h4-12,14,22H,1-3H3/t14-/m1/s1. The molecule has 0 fully saturated rings. The van der Waals surface area contributed by atoms with E-state index in [0.717, 1.165) is 16.8 Å². The lowest BCUT2D eigenvalue weighted by Gasteiger charge is -2.17. The lowest BCUT2D eigenvalue weighted by Crippen LogP contribution is -2.27. The highest BCUT2D eigenvalue weighted by atomic mass is 35.5. The van der Waals surface area contributed by atoms with Crippen LogP contribution in [-0.2, 0) is 10.0 Å². The molecule has 0 saturated heterocycles. The molecule has 0 radical (unpaired) electrons. The van der Waals surface area contributed by atoms with E-state index < -0.39 is 16.1 Å². The zero-order chi connectivity index (χ0) is 19.6. The molecular formula is C19H20ClN3O3S. The van der Waals surface area contributed by atoms with Crippen molar-refractivity contribution in [3.8, 4) is 11.4 Å². The molecule has 3 rings (SSSR count). The molecule has 3 aromatic rings. The molecule has 0 saturated carbocycles. The second-order valence-electron chi connectivity index (χ2n) is 6.16. The van der Waals surface area contributed by atoms with Gasteiger partial charge in [-0.1, -0.05) is 23.7 Å². The maximum absolute atomic E-state index is 12.9. The van der Waals surface area contributed by atoms with Crippen molar-refractivity contribution in [2.75, 3.05) is 7.11 Å². The van der Waals surface area contributed by atoms with E-state index in [0.29, 0.717) is 5.02 Å². The Kier molecular flexibility index (Phi) is 5.55. The lowest BCUT2D eigenvalue weighted by molar-refractivity contribution is 0.401. The van der Waals surface area contributed by atoms with Gasteiger partial charge in [0.15, 0.2) is 0 Å². The van der Waals surface area contributed by atoms with Gasteiger partial charge in [0.2, 0.25) is 10.0 Å². The average molecular weight is 406 g/mol. The average Bonchev–Trinajstić information content (AvgIpc) is 3.18. The number of hydrogen-bond acceptors (Lipinski definition) is 4. The van der Waals surface area contributed by atoms with E-state index in [9.17, 15) is 8.42 Å². The Morgan fingerprint density at radius 3 is 2.52 bits per heavy atom. The monoisotopic (exact) mass is 405 g/mol. The Morgan fingerprint density at radius 2 is 1.93 bits per heavy atom. The summed E-state index contributed by atoms with van der Waals surface area (Å²) in [6.07, 6.45) is 5.24. The van der Waals surface area contributed by atoms with Crippen LogP contribution in [0, 0.1) is 6.92 Å². The largest absolute Gasteiger partial charge is 0.495 e. The van der Waals surface area contributed by atoms with Crippen molar-refractivity contribution >= 4 is 21.6 Å². The number of aromatic nitrogens is 2. The second-order valence-corrected chi connectivity index (χ2v) is 8.25. The van der Waals surface area contributed by atoms with E-state index in [1.807, 2.05) is 35.0 Å². The van der Waals surface area contributed by atoms with E-state index in [4.69, 9.17) is 16.3 Å². The molecule has 0 aliphatic rings. The summed E-state index contributed by atoms with van der Waals surface area (Å²) >= 11 is 6.11. The predicted octanol–water partition coefficient (Wildman–Crippen LogP) is 3.88. The maximum atomic E-state index is 12.9. The van der Waals surface area contributed by atoms with Gasteiger partial charge in [0.25, 0.3) is 0 Å². The quantitative estimate of drug-likeness (QED) is 0.675. The predicted molar refractivity (Wildman–Crippen MR) is 105 cm³/mol. The SMILES string of the molecule is COc1cc(C)c(Cl)cc1S(=O)(=O)N[C@H](C)c1ccc(-n2ccnc2)cc1.